The smallest absolute Gasteiger partial charge is 0.243 e. The topological polar surface area (TPSA) is 66.5 Å². The Morgan fingerprint density at radius 1 is 0.818 bits per heavy atom. The summed E-state index contributed by atoms with van der Waals surface area (Å²) in [5, 5.41) is 5.45. The Balaban J connectivity index is 1.54. The van der Waals surface area contributed by atoms with Crippen molar-refractivity contribution in [3.8, 4) is 0 Å². The van der Waals surface area contributed by atoms with Gasteiger partial charge in [-0.05, 0) is 46.2 Å². The van der Waals surface area contributed by atoms with Gasteiger partial charge in [0.25, 0.3) is 0 Å². The zero-order valence-electron chi connectivity index (χ0n) is 17.8. The highest BCUT2D eigenvalue weighted by Crippen LogP contribution is 2.21. The molecule has 0 fully saturated rings. The van der Waals surface area contributed by atoms with Gasteiger partial charge in [-0.1, -0.05) is 84.4 Å². The van der Waals surface area contributed by atoms with E-state index in [1.54, 1.807) is 0 Å². The Morgan fingerprint density at radius 2 is 1.48 bits per heavy atom. The molecule has 7 heteroatoms. The molecule has 0 radical (unpaired) electrons. The Kier molecular flexibility index (Phi) is 7.08. The van der Waals surface area contributed by atoms with E-state index < -0.39 is 10.0 Å². The van der Waals surface area contributed by atoms with Crippen molar-refractivity contribution in [1.82, 2.24) is 9.62 Å². The molecule has 4 aromatic rings. The minimum absolute atomic E-state index is 0.0769. The van der Waals surface area contributed by atoms with Gasteiger partial charge in [0, 0.05) is 18.1 Å². The third-order valence-corrected chi connectivity index (χ3v) is 7.39. The van der Waals surface area contributed by atoms with Crippen molar-refractivity contribution in [3.05, 3.63) is 113 Å². The molecule has 0 spiro atoms. The van der Waals surface area contributed by atoms with Crippen LogP contribution in [0.25, 0.3) is 10.8 Å². The van der Waals surface area contributed by atoms with Gasteiger partial charge < -0.3 is 5.32 Å². The van der Waals surface area contributed by atoms with Crippen molar-refractivity contribution in [1.29, 1.82) is 0 Å². The van der Waals surface area contributed by atoms with E-state index in [-0.39, 0.29) is 23.9 Å². The zero-order chi connectivity index (χ0) is 23.3. The van der Waals surface area contributed by atoms with Gasteiger partial charge in [0.05, 0.1) is 11.4 Å². The summed E-state index contributed by atoms with van der Waals surface area (Å²) in [6, 6.07) is 29.0. The monoisotopic (exact) mass is 478 g/mol. The number of nitrogens with one attached hydrogen (secondary N) is 1. The number of hydrogen-bond acceptors (Lipinski definition) is 3. The van der Waals surface area contributed by atoms with Crippen LogP contribution in [0.1, 0.15) is 11.1 Å². The second kappa shape index (κ2) is 10.2. The van der Waals surface area contributed by atoms with Gasteiger partial charge in [-0.2, -0.15) is 4.31 Å². The lowest BCUT2D eigenvalue weighted by Crippen LogP contribution is -2.40. The highest BCUT2D eigenvalue weighted by Gasteiger charge is 2.27. The number of carbonyl (C=O) groups excluding carboxylic acids is 1. The fourth-order valence-electron chi connectivity index (χ4n) is 3.63. The maximum atomic E-state index is 13.3. The van der Waals surface area contributed by atoms with Crippen molar-refractivity contribution >= 4 is 38.3 Å². The van der Waals surface area contributed by atoms with Crippen molar-refractivity contribution in [2.75, 3.05) is 6.54 Å². The van der Waals surface area contributed by atoms with Gasteiger partial charge in [0.1, 0.15) is 0 Å². The minimum Gasteiger partial charge on any atom is -0.351 e. The van der Waals surface area contributed by atoms with E-state index in [1.165, 1.54) is 28.6 Å². The average Bonchev–Trinajstić information content (AvgIpc) is 2.83. The van der Waals surface area contributed by atoms with Crippen molar-refractivity contribution in [2.45, 2.75) is 18.0 Å². The number of fused-ring (bicyclic) bond motifs is 1. The second-order valence-electron chi connectivity index (χ2n) is 7.63. The predicted molar refractivity (Wildman–Crippen MR) is 131 cm³/mol. The maximum absolute atomic E-state index is 13.3. The van der Waals surface area contributed by atoms with E-state index in [0.717, 1.165) is 21.9 Å². The van der Waals surface area contributed by atoms with E-state index >= 15 is 0 Å². The summed E-state index contributed by atoms with van der Waals surface area (Å²) < 4.78 is 27.9. The van der Waals surface area contributed by atoms with Crippen molar-refractivity contribution in [2.24, 2.45) is 0 Å². The molecule has 168 valence electrons. The average molecular weight is 479 g/mol. The first kappa shape index (κ1) is 23.0. The molecule has 1 amide bonds. The van der Waals surface area contributed by atoms with Gasteiger partial charge in [0.2, 0.25) is 15.9 Å². The van der Waals surface area contributed by atoms with Crippen LogP contribution >= 0.6 is 11.6 Å². The highest BCUT2D eigenvalue weighted by molar-refractivity contribution is 7.89. The minimum atomic E-state index is -3.91. The molecule has 0 heterocycles. The molecule has 0 aliphatic rings. The molecule has 33 heavy (non-hydrogen) atoms. The molecule has 4 aromatic carbocycles. The lowest BCUT2D eigenvalue weighted by molar-refractivity contribution is -0.121. The molecule has 0 saturated carbocycles. The molecule has 0 aliphatic heterocycles. The SMILES string of the molecule is O=C(CN(Cc1ccccc1)S(=O)(=O)c1ccc(Cl)cc1)NCc1cccc2ccccc12. The Morgan fingerprint density at radius 3 is 2.24 bits per heavy atom. The number of sulfonamides is 1. The first-order valence-electron chi connectivity index (χ1n) is 10.5. The Hall–Kier alpha value is -3.19. The number of rotatable bonds is 8. The largest absolute Gasteiger partial charge is 0.351 e. The fraction of sp³-hybridized carbons (Fsp3) is 0.115. The van der Waals surface area contributed by atoms with E-state index in [1.807, 2.05) is 72.8 Å². The van der Waals surface area contributed by atoms with Gasteiger partial charge in [-0.3, -0.25) is 4.79 Å². The van der Waals surface area contributed by atoms with Crippen molar-refractivity contribution < 1.29 is 13.2 Å². The molecule has 0 atom stereocenters. The number of hydrogen-bond donors (Lipinski definition) is 1. The van der Waals surface area contributed by atoms with Gasteiger partial charge in [-0.15, -0.1) is 0 Å². The van der Waals surface area contributed by atoms with E-state index in [0.29, 0.717) is 11.6 Å². The van der Waals surface area contributed by atoms with Crippen LogP contribution in [0.15, 0.2) is 102 Å². The molecule has 4 rings (SSSR count). The Bertz CT molecular complexity index is 1350. The summed E-state index contributed by atoms with van der Waals surface area (Å²) in [6.07, 6.45) is 0. The first-order chi connectivity index (χ1) is 15.9. The number of halogens is 1. The summed E-state index contributed by atoms with van der Waals surface area (Å²) in [6.45, 7) is 0.0818. The van der Waals surface area contributed by atoms with Crippen molar-refractivity contribution in [3.63, 3.8) is 0 Å². The van der Waals surface area contributed by atoms with Crippen LogP contribution < -0.4 is 5.32 Å². The summed E-state index contributed by atoms with van der Waals surface area (Å²) >= 11 is 5.92. The number of benzene rings is 4. The summed E-state index contributed by atoms with van der Waals surface area (Å²) in [5.74, 6) is -0.378. The molecule has 5 nitrogen and oxygen atoms in total. The summed E-state index contributed by atoms with van der Waals surface area (Å²) in [4.78, 5) is 12.9. The number of nitrogens with zero attached hydrogens (tertiary/aromatic N) is 1. The third-order valence-electron chi connectivity index (χ3n) is 5.33. The highest BCUT2D eigenvalue weighted by atomic mass is 35.5. The van der Waals surface area contributed by atoms with Crippen LogP contribution in [0.4, 0.5) is 0 Å². The van der Waals surface area contributed by atoms with Crippen LogP contribution in [0.3, 0.4) is 0 Å². The lowest BCUT2D eigenvalue weighted by Gasteiger charge is -2.22. The number of amides is 1. The quantitative estimate of drug-likeness (QED) is 0.387. The summed E-state index contributed by atoms with van der Waals surface area (Å²) in [7, 11) is -3.91. The molecule has 0 unspecified atom stereocenters. The van der Waals surface area contributed by atoms with Crippen LogP contribution in [0.5, 0.6) is 0 Å². The second-order valence-corrected chi connectivity index (χ2v) is 10.0. The Labute approximate surface area is 198 Å². The molecule has 0 aromatic heterocycles. The maximum Gasteiger partial charge on any atom is 0.243 e. The van der Waals surface area contributed by atoms with Crippen LogP contribution in [-0.2, 0) is 27.9 Å². The standard InChI is InChI=1S/C26H23ClN2O3S/c27-23-13-15-24(16-14-23)33(31,32)29(18-20-7-2-1-3-8-20)19-26(30)28-17-22-11-6-10-21-9-4-5-12-25(21)22/h1-16H,17-19H2,(H,28,30). The molecular formula is C26H23ClN2O3S. The number of carbonyl (C=O) groups is 1. The van der Waals surface area contributed by atoms with E-state index in [9.17, 15) is 13.2 Å². The summed E-state index contributed by atoms with van der Waals surface area (Å²) in [5.41, 5.74) is 1.76. The van der Waals surface area contributed by atoms with Gasteiger partial charge >= 0.3 is 0 Å². The zero-order valence-corrected chi connectivity index (χ0v) is 19.4. The normalized spacial score (nSPS) is 11.6. The van der Waals surface area contributed by atoms with Crippen LogP contribution in [0.2, 0.25) is 5.02 Å². The fourth-order valence-corrected chi connectivity index (χ4v) is 5.14. The first-order valence-corrected chi connectivity index (χ1v) is 12.3. The lowest BCUT2D eigenvalue weighted by atomic mass is 10.0. The van der Waals surface area contributed by atoms with E-state index in [2.05, 4.69) is 5.32 Å². The third kappa shape index (κ3) is 5.60. The van der Waals surface area contributed by atoms with Gasteiger partial charge in [0.15, 0.2) is 0 Å². The van der Waals surface area contributed by atoms with Crippen LogP contribution in [0, 0.1) is 0 Å². The molecule has 0 bridgehead atoms. The molecule has 1 N–H and O–H groups in total. The van der Waals surface area contributed by atoms with E-state index in [4.69, 9.17) is 11.6 Å². The molecule has 0 saturated heterocycles. The van der Waals surface area contributed by atoms with Crippen LogP contribution in [-0.4, -0.2) is 25.2 Å². The van der Waals surface area contributed by atoms with Gasteiger partial charge in [-0.25, -0.2) is 8.42 Å². The molecule has 0 aliphatic carbocycles. The molecular weight excluding hydrogens is 456 g/mol. The predicted octanol–water partition coefficient (Wildman–Crippen LogP) is 5.00.